The molecule has 1 fully saturated rings. The molecule has 1 unspecified atom stereocenters. The number of rotatable bonds is 9. The van der Waals surface area contributed by atoms with Crippen LogP contribution in [0.2, 0.25) is 0 Å². The van der Waals surface area contributed by atoms with Crippen molar-refractivity contribution in [2.45, 2.75) is 77.7 Å². The predicted octanol–water partition coefficient (Wildman–Crippen LogP) is 3.24. The Bertz CT molecular complexity index is 237. The first kappa shape index (κ1) is 16.5. The minimum absolute atomic E-state index is 0.251. The maximum atomic E-state index is 11.9. The first-order chi connectivity index (χ1) is 9.22. The van der Waals surface area contributed by atoms with Crippen LogP contribution in [0.1, 0.15) is 71.6 Å². The molecular weight excluding hydrogens is 236 g/mol. The molecule has 0 aromatic heterocycles. The third-order valence-corrected chi connectivity index (χ3v) is 4.14. The van der Waals surface area contributed by atoms with Crippen molar-refractivity contribution in [1.82, 2.24) is 10.6 Å². The van der Waals surface area contributed by atoms with E-state index in [4.69, 9.17) is 0 Å². The summed E-state index contributed by atoms with van der Waals surface area (Å²) in [6.45, 7) is 6.61. The van der Waals surface area contributed by atoms with Crippen molar-refractivity contribution in [3.05, 3.63) is 0 Å². The van der Waals surface area contributed by atoms with Crippen molar-refractivity contribution >= 4 is 5.91 Å². The Kier molecular flexibility index (Phi) is 8.89. The summed E-state index contributed by atoms with van der Waals surface area (Å²) in [6.07, 6.45) is 10.5. The molecule has 1 rings (SSSR count). The second-order valence-electron chi connectivity index (χ2n) is 6.05. The molecule has 112 valence electrons. The maximum absolute atomic E-state index is 11.9. The first-order valence-electron chi connectivity index (χ1n) is 8.22. The van der Waals surface area contributed by atoms with Gasteiger partial charge in [0.2, 0.25) is 5.91 Å². The summed E-state index contributed by atoms with van der Waals surface area (Å²) in [4.78, 5) is 11.9. The molecule has 1 atom stereocenters. The molecule has 0 saturated carbocycles. The summed E-state index contributed by atoms with van der Waals surface area (Å²) in [7, 11) is 0. The summed E-state index contributed by atoms with van der Waals surface area (Å²) in [6, 6.07) is 0.345. The molecule has 0 aliphatic carbocycles. The minimum Gasteiger partial charge on any atom is -0.354 e. The smallest absolute Gasteiger partial charge is 0.220 e. The van der Waals surface area contributed by atoms with Gasteiger partial charge in [-0.2, -0.15) is 0 Å². The zero-order valence-corrected chi connectivity index (χ0v) is 12.8. The third-order valence-electron chi connectivity index (χ3n) is 4.14. The number of unbranched alkanes of at least 4 members (excludes halogenated alkanes) is 3. The van der Waals surface area contributed by atoms with E-state index < -0.39 is 0 Å². The highest BCUT2D eigenvalue weighted by Crippen LogP contribution is 2.17. The normalized spacial score (nSPS) is 18.2. The molecule has 1 heterocycles. The molecule has 1 amide bonds. The van der Waals surface area contributed by atoms with Gasteiger partial charge < -0.3 is 10.6 Å². The van der Waals surface area contributed by atoms with Gasteiger partial charge in [0.25, 0.3) is 0 Å². The lowest BCUT2D eigenvalue weighted by atomic mass is 9.93. The van der Waals surface area contributed by atoms with Gasteiger partial charge in [0.05, 0.1) is 0 Å². The molecule has 0 aromatic rings. The van der Waals surface area contributed by atoms with Crippen LogP contribution in [0.5, 0.6) is 0 Å². The Balaban J connectivity index is 2.02. The van der Waals surface area contributed by atoms with Crippen LogP contribution >= 0.6 is 0 Å². The number of hydrogen-bond donors (Lipinski definition) is 2. The van der Waals surface area contributed by atoms with Crippen LogP contribution in [0.15, 0.2) is 0 Å². The lowest BCUT2D eigenvalue weighted by Gasteiger charge is -2.22. The molecule has 3 heteroatoms. The molecule has 19 heavy (non-hydrogen) atoms. The largest absolute Gasteiger partial charge is 0.354 e. The SMILES string of the molecule is CCCCCCC(C)NC(=O)CCC1CCNCC1. The lowest BCUT2D eigenvalue weighted by Crippen LogP contribution is -2.33. The third kappa shape index (κ3) is 8.25. The summed E-state index contributed by atoms with van der Waals surface area (Å²) in [5, 5.41) is 6.51. The summed E-state index contributed by atoms with van der Waals surface area (Å²) < 4.78 is 0. The van der Waals surface area contributed by atoms with E-state index in [0.717, 1.165) is 31.8 Å². The average Bonchev–Trinajstić information content (AvgIpc) is 2.42. The predicted molar refractivity (Wildman–Crippen MR) is 81.2 cm³/mol. The van der Waals surface area contributed by atoms with Gasteiger partial charge in [0, 0.05) is 12.5 Å². The fraction of sp³-hybridized carbons (Fsp3) is 0.938. The number of piperidine rings is 1. The zero-order chi connectivity index (χ0) is 13.9. The van der Waals surface area contributed by atoms with Gasteiger partial charge in [-0.15, -0.1) is 0 Å². The molecule has 1 saturated heterocycles. The Morgan fingerprint density at radius 1 is 1.26 bits per heavy atom. The van der Waals surface area contributed by atoms with Crippen molar-refractivity contribution < 1.29 is 4.79 Å². The molecule has 0 aromatic carbocycles. The number of carbonyl (C=O) groups excluding carboxylic acids is 1. The van der Waals surface area contributed by atoms with Crippen LogP contribution in [0.4, 0.5) is 0 Å². The fourth-order valence-corrected chi connectivity index (χ4v) is 2.80. The standard InChI is InChI=1S/C16H32N2O/c1-3-4-5-6-7-14(2)18-16(19)9-8-15-10-12-17-13-11-15/h14-15,17H,3-13H2,1-2H3,(H,18,19). The average molecular weight is 268 g/mol. The molecule has 1 aliphatic rings. The van der Waals surface area contributed by atoms with Gasteiger partial charge in [0.1, 0.15) is 0 Å². The summed E-state index contributed by atoms with van der Waals surface area (Å²) >= 11 is 0. The Hall–Kier alpha value is -0.570. The van der Waals surface area contributed by atoms with E-state index in [2.05, 4.69) is 24.5 Å². The quantitative estimate of drug-likeness (QED) is 0.630. The minimum atomic E-state index is 0.251. The topological polar surface area (TPSA) is 41.1 Å². The molecule has 0 bridgehead atoms. The highest BCUT2D eigenvalue weighted by Gasteiger charge is 2.15. The monoisotopic (exact) mass is 268 g/mol. The van der Waals surface area contributed by atoms with Gasteiger partial charge in [-0.3, -0.25) is 4.79 Å². The van der Waals surface area contributed by atoms with Gasteiger partial charge in [-0.25, -0.2) is 0 Å². The van der Waals surface area contributed by atoms with E-state index in [1.165, 1.54) is 38.5 Å². The second-order valence-corrected chi connectivity index (χ2v) is 6.05. The van der Waals surface area contributed by atoms with Crippen molar-refractivity contribution in [2.24, 2.45) is 5.92 Å². The number of amides is 1. The van der Waals surface area contributed by atoms with Crippen molar-refractivity contribution in [2.75, 3.05) is 13.1 Å². The Labute approximate surface area is 118 Å². The van der Waals surface area contributed by atoms with E-state index >= 15 is 0 Å². The van der Waals surface area contributed by atoms with Gasteiger partial charge in [-0.05, 0) is 51.6 Å². The first-order valence-corrected chi connectivity index (χ1v) is 8.22. The Morgan fingerprint density at radius 2 is 2.00 bits per heavy atom. The van der Waals surface area contributed by atoms with Crippen LogP contribution in [0.25, 0.3) is 0 Å². The van der Waals surface area contributed by atoms with Gasteiger partial charge >= 0.3 is 0 Å². The van der Waals surface area contributed by atoms with E-state index in [-0.39, 0.29) is 5.91 Å². The fourth-order valence-electron chi connectivity index (χ4n) is 2.80. The van der Waals surface area contributed by atoms with E-state index in [1.54, 1.807) is 0 Å². The van der Waals surface area contributed by atoms with Crippen LogP contribution in [-0.4, -0.2) is 25.0 Å². The summed E-state index contributed by atoms with van der Waals surface area (Å²) in [5.41, 5.74) is 0. The highest BCUT2D eigenvalue weighted by atomic mass is 16.1. The van der Waals surface area contributed by atoms with Crippen LogP contribution in [0.3, 0.4) is 0 Å². The summed E-state index contributed by atoms with van der Waals surface area (Å²) in [5.74, 6) is 1.01. The number of carbonyl (C=O) groups is 1. The van der Waals surface area contributed by atoms with Gasteiger partial charge in [-0.1, -0.05) is 32.6 Å². The molecule has 0 radical (unpaired) electrons. The lowest BCUT2D eigenvalue weighted by molar-refractivity contribution is -0.122. The van der Waals surface area contributed by atoms with E-state index in [1.807, 2.05) is 0 Å². The van der Waals surface area contributed by atoms with Crippen LogP contribution in [0, 0.1) is 5.92 Å². The van der Waals surface area contributed by atoms with Crippen LogP contribution in [-0.2, 0) is 4.79 Å². The van der Waals surface area contributed by atoms with Crippen molar-refractivity contribution in [1.29, 1.82) is 0 Å². The molecule has 0 spiro atoms. The molecule has 3 nitrogen and oxygen atoms in total. The van der Waals surface area contributed by atoms with Gasteiger partial charge in [0.15, 0.2) is 0 Å². The zero-order valence-electron chi connectivity index (χ0n) is 12.8. The molecular formula is C16H32N2O. The second kappa shape index (κ2) is 10.2. The van der Waals surface area contributed by atoms with Crippen molar-refractivity contribution in [3.8, 4) is 0 Å². The number of nitrogens with one attached hydrogen (secondary N) is 2. The van der Waals surface area contributed by atoms with Crippen LogP contribution < -0.4 is 10.6 Å². The molecule has 1 aliphatic heterocycles. The van der Waals surface area contributed by atoms with Crippen molar-refractivity contribution in [3.63, 3.8) is 0 Å². The number of hydrogen-bond acceptors (Lipinski definition) is 2. The Morgan fingerprint density at radius 3 is 2.68 bits per heavy atom. The van der Waals surface area contributed by atoms with E-state index in [9.17, 15) is 4.79 Å². The van der Waals surface area contributed by atoms with E-state index in [0.29, 0.717) is 12.5 Å². The maximum Gasteiger partial charge on any atom is 0.220 e. The highest BCUT2D eigenvalue weighted by molar-refractivity contribution is 5.76. The molecule has 2 N–H and O–H groups in total.